The van der Waals surface area contributed by atoms with Crippen LogP contribution in [0.2, 0.25) is 5.02 Å². The van der Waals surface area contributed by atoms with E-state index in [9.17, 15) is 14.3 Å². The first-order chi connectivity index (χ1) is 15.0. The van der Waals surface area contributed by atoms with E-state index in [1.807, 2.05) is 24.3 Å². The molecule has 1 unspecified atom stereocenters. The zero-order valence-electron chi connectivity index (χ0n) is 16.5. The van der Waals surface area contributed by atoms with Crippen molar-refractivity contribution >= 4 is 22.4 Å². The van der Waals surface area contributed by atoms with E-state index in [1.54, 1.807) is 36.4 Å². The number of aliphatic hydroxyl groups excluding tert-OH is 1. The van der Waals surface area contributed by atoms with Crippen LogP contribution in [0.15, 0.2) is 77.6 Å². The summed E-state index contributed by atoms with van der Waals surface area (Å²) >= 11 is 6.11. The molecule has 0 bridgehead atoms. The fourth-order valence-corrected chi connectivity index (χ4v) is 3.54. The van der Waals surface area contributed by atoms with Gasteiger partial charge in [0.1, 0.15) is 5.82 Å². The third-order valence-corrected chi connectivity index (χ3v) is 5.26. The summed E-state index contributed by atoms with van der Waals surface area (Å²) in [6.45, 7) is 0.218. The number of hydrogen-bond donors (Lipinski definition) is 1. The molecule has 5 nitrogen and oxygen atoms in total. The van der Waals surface area contributed by atoms with E-state index >= 15 is 0 Å². The van der Waals surface area contributed by atoms with Gasteiger partial charge in [-0.1, -0.05) is 48.0 Å². The van der Waals surface area contributed by atoms with Crippen LogP contribution >= 0.6 is 11.6 Å². The summed E-state index contributed by atoms with van der Waals surface area (Å²) in [7, 11) is 0. The molecule has 1 N–H and O–H groups in total. The molecule has 0 aliphatic rings. The van der Waals surface area contributed by atoms with Gasteiger partial charge in [0.2, 0.25) is 0 Å². The van der Waals surface area contributed by atoms with Gasteiger partial charge in [-0.25, -0.2) is 9.07 Å². The maximum atomic E-state index is 13.4. The normalized spacial score (nSPS) is 12.2. The van der Waals surface area contributed by atoms with E-state index in [1.165, 1.54) is 16.8 Å². The van der Waals surface area contributed by atoms with Gasteiger partial charge in [0, 0.05) is 16.0 Å². The molecule has 0 amide bonds. The van der Waals surface area contributed by atoms with Gasteiger partial charge in [-0.3, -0.25) is 4.79 Å². The minimum atomic E-state index is -0.949. The Labute approximate surface area is 183 Å². The minimum Gasteiger partial charge on any atom is -0.389 e. The highest BCUT2D eigenvalue weighted by atomic mass is 35.5. The predicted octanol–water partition coefficient (Wildman–Crippen LogP) is 4.43. The first-order valence-electron chi connectivity index (χ1n) is 9.78. The van der Waals surface area contributed by atoms with E-state index in [0.29, 0.717) is 27.1 Å². The Morgan fingerprint density at radius 3 is 2.42 bits per heavy atom. The van der Waals surface area contributed by atoms with Gasteiger partial charge >= 0.3 is 0 Å². The van der Waals surface area contributed by atoms with Gasteiger partial charge in [-0.2, -0.15) is 5.10 Å². The van der Waals surface area contributed by atoms with Gasteiger partial charge in [0.15, 0.2) is 0 Å². The van der Waals surface area contributed by atoms with Crippen molar-refractivity contribution in [2.75, 3.05) is 6.61 Å². The number of hydrogen-bond acceptors (Lipinski definition) is 4. The van der Waals surface area contributed by atoms with Crippen molar-refractivity contribution in [3.8, 4) is 11.3 Å². The molecule has 0 fully saturated rings. The lowest BCUT2D eigenvalue weighted by atomic mass is 10.1. The molecule has 0 radical (unpaired) electrons. The molecule has 0 saturated carbocycles. The molecule has 7 heteroatoms. The number of aromatic nitrogens is 2. The number of ether oxygens (including phenoxy) is 1. The highest BCUT2D eigenvalue weighted by molar-refractivity contribution is 6.31. The topological polar surface area (TPSA) is 64.4 Å². The van der Waals surface area contributed by atoms with Crippen molar-refractivity contribution in [2.24, 2.45) is 0 Å². The molecule has 3 aromatic carbocycles. The number of aliphatic hydroxyl groups is 1. The van der Waals surface area contributed by atoms with E-state index < -0.39 is 6.10 Å². The van der Waals surface area contributed by atoms with Crippen molar-refractivity contribution in [1.82, 2.24) is 9.78 Å². The average Bonchev–Trinajstić information content (AvgIpc) is 2.78. The highest BCUT2D eigenvalue weighted by Gasteiger charge is 2.15. The maximum absolute atomic E-state index is 13.4. The Bertz CT molecular complexity index is 1260. The molecular formula is C24H20ClFN2O3. The molecule has 1 aromatic heterocycles. The second-order valence-corrected chi connectivity index (χ2v) is 7.56. The average molecular weight is 439 g/mol. The van der Waals surface area contributed by atoms with E-state index in [4.69, 9.17) is 16.3 Å². The van der Waals surface area contributed by atoms with Crippen LogP contribution in [0.1, 0.15) is 5.56 Å². The lowest BCUT2D eigenvalue weighted by Crippen LogP contribution is -2.31. The summed E-state index contributed by atoms with van der Waals surface area (Å²) in [5, 5.41) is 16.6. The number of fused-ring (bicyclic) bond motifs is 1. The van der Waals surface area contributed by atoms with Crippen molar-refractivity contribution in [3.05, 3.63) is 99.6 Å². The smallest absolute Gasteiger partial charge is 0.274 e. The lowest BCUT2D eigenvalue weighted by molar-refractivity contribution is 0.0182. The van der Waals surface area contributed by atoms with E-state index in [2.05, 4.69) is 5.10 Å². The molecule has 4 rings (SSSR count). The number of halogens is 2. The quantitative estimate of drug-likeness (QED) is 0.463. The molecule has 1 heterocycles. The third kappa shape index (κ3) is 4.82. The second-order valence-electron chi connectivity index (χ2n) is 7.15. The van der Waals surface area contributed by atoms with Crippen LogP contribution < -0.4 is 5.56 Å². The summed E-state index contributed by atoms with van der Waals surface area (Å²) in [4.78, 5) is 12.9. The summed E-state index contributed by atoms with van der Waals surface area (Å²) in [5.41, 5.74) is 1.72. The number of rotatable bonds is 7. The Morgan fingerprint density at radius 1 is 1.00 bits per heavy atom. The predicted molar refractivity (Wildman–Crippen MR) is 119 cm³/mol. The number of nitrogens with zero attached hydrogens (tertiary/aromatic N) is 2. The zero-order chi connectivity index (χ0) is 21.8. The maximum Gasteiger partial charge on any atom is 0.274 e. The molecular weight excluding hydrogens is 419 g/mol. The molecule has 31 heavy (non-hydrogen) atoms. The lowest BCUT2D eigenvalue weighted by Gasteiger charge is -2.15. The van der Waals surface area contributed by atoms with Gasteiger partial charge < -0.3 is 9.84 Å². The summed E-state index contributed by atoms with van der Waals surface area (Å²) in [5.74, 6) is -0.354. The van der Waals surface area contributed by atoms with Crippen molar-refractivity contribution in [1.29, 1.82) is 0 Å². The van der Waals surface area contributed by atoms with Gasteiger partial charge in [0.05, 0.1) is 36.9 Å². The van der Waals surface area contributed by atoms with Crippen LogP contribution in [0, 0.1) is 5.82 Å². The fourth-order valence-electron chi connectivity index (χ4n) is 3.35. The highest BCUT2D eigenvalue weighted by Crippen LogP contribution is 2.25. The summed E-state index contributed by atoms with van der Waals surface area (Å²) in [6.07, 6.45) is -0.949. The van der Waals surface area contributed by atoms with Crippen LogP contribution in [0.4, 0.5) is 4.39 Å². The van der Waals surface area contributed by atoms with Gasteiger partial charge in [-0.05, 0) is 42.0 Å². The molecule has 1 atom stereocenters. The largest absolute Gasteiger partial charge is 0.389 e. The van der Waals surface area contributed by atoms with Crippen molar-refractivity contribution < 1.29 is 14.2 Å². The molecule has 0 saturated heterocycles. The van der Waals surface area contributed by atoms with E-state index in [0.717, 1.165) is 5.56 Å². The summed E-state index contributed by atoms with van der Waals surface area (Å²) in [6, 6.07) is 20.3. The number of benzene rings is 3. The Hall–Kier alpha value is -3.06. The third-order valence-electron chi connectivity index (χ3n) is 4.89. The SMILES string of the molecule is O=c1c2ccccc2c(-c2ccc(F)cc2)nn1CC(O)COCc1ccccc1Cl. The first-order valence-corrected chi connectivity index (χ1v) is 10.2. The monoisotopic (exact) mass is 438 g/mol. The van der Waals surface area contributed by atoms with E-state index in [-0.39, 0.29) is 31.1 Å². The molecule has 0 aliphatic carbocycles. The van der Waals surface area contributed by atoms with Crippen LogP contribution in [0.25, 0.3) is 22.0 Å². The van der Waals surface area contributed by atoms with Crippen molar-refractivity contribution in [3.63, 3.8) is 0 Å². The van der Waals surface area contributed by atoms with Gasteiger partial charge in [-0.15, -0.1) is 0 Å². The molecule has 4 aromatic rings. The van der Waals surface area contributed by atoms with Gasteiger partial charge in [0.25, 0.3) is 5.56 Å². The fraction of sp³-hybridized carbons (Fsp3) is 0.167. The standard InChI is InChI=1S/C24H20ClFN2O3/c25-22-8-4-1-5-17(22)14-31-15-19(29)13-28-24(30)21-7-3-2-6-20(21)23(27-28)16-9-11-18(26)12-10-16/h1-12,19,29H,13-15H2. The Balaban J connectivity index is 1.57. The van der Waals surface area contributed by atoms with Crippen LogP contribution in [0.5, 0.6) is 0 Å². The first kappa shape index (κ1) is 21.2. The Morgan fingerprint density at radius 2 is 1.68 bits per heavy atom. The second kappa shape index (κ2) is 9.39. The molecule has 0 spiro atoms. The summed E-state index contributed by atoms with van der Waals surface area (Å²) < 4.78 is 20.2. The van der Waals surface area contributed by atoms with Crippen LogP contribution in [0.3, 0.4) is 0 Å². The minimum absolute atomic E-state index is 0.0120. The Kier molecular flexibility index (Phi) is 6.42. The molecule has 158 valence electrons. The molecule has 0 aliphatic heterocycles. The van der Waals surface area contributed by atoms with Crippen LogP contribution in [-0.4, -0.2) is 27.6 Å². The van der Waals surface area contributed by atoms with Crippen LogP contribution in [-0.2, 0) is 17.9 Å². The zero-order valence-corrected chi connectivity index (χ0v) is 17.3. The van der Waals surface area contributed by atoms with Crippen molar-refractivity contribution in [2.45, 2.75) is 19.3 Å².